The Kier molecular flexibility index (Phi) is 4.91. The third-order valence-electron chi connectivity index (χ3n) is 2.69. The van der Waals surface area contributed by atoms with Crippen LogP contribution >= 0.6 is 0 Å². The molecular formula is C15H22O3. The lowest BCUT2D eigenvalue weighted by atomic mass is 9.87. The maximum Gasteiger partial charge on any atom is 0.142 e. The number of aliphatic hydroxyl groups is 1. The summed E-state index contributed by atoms with van der Waals surface area (Å²) >= 11 is 0. The van der Waals surface area contributed by atoms with Gasteiger partial charge >= 0.3 is 0 Å². The zero-order chi connectivity index (χ0) is 13.8. The molecule has 0 radical (unpaired) electrons. The molecule has 1 aromatic carbocycles. The third-order valence-corrected chi connectivity index (χ3v) is 2.69. The Morgan fingerprint density at radius 3 is 2.61 bits per heavy atom. The summed E-state index contributed by atoms with van der Waals surface area (Å²) in [4.78, 5) is 11.9. The fraction of sp³-hybridized carbons (Fsp3) is 0.533. The summed E-state index contributed by atoms with van der Waals surface area (Å²) < 4.78 is 5.51. The van der Waals surface area contributed by atoms with Crippen molar-refractivity contribution in [1.29, 1.82) is 0 Å². The lowest BCUT2D eigenvalue weighted by molar-refractivity contribution is -0.125. The predicted octanol–water partition coefficient (Wildman–Crippen LogP) is 2.60. The Morgan fingerprint density at radius 2 is 2.06 bits per heavy atom. The molecule has 0 saturated heterocycles. The Hall–Kier alpha value is -1.35. The van der Waals surface area contributed by atoms with E-state index < -0.39 is 0 Å². The summed E-state index contributed by atoms with van der Waals surface area (Å²) in [6.45, 7) is 7.54. The molecule has 1 aromatic rings. The van der Waals surface area contributed by atoms with E-state index in [-0.39, 0.29) is 23.9 Å². The predicted molar refractivity (Wildman–Crippen MR) is 71.8 cm³/mol. The molecule has 0 amide bonds. The number of carbonyl (C=O) groups excluding carboxylic acids is 1. The molecule has 0 aromatic heterocycles. The summed E-state index contributed by atoms with van der Waals surface area (Å²) in [5, 5.41) is 8.94. The van der Waals surface area contributed by atoms with Gasteiger partial charge in [-0.15, -0.1) is 0 Å². The van der Waals surface area contributed by atoms with Gasteiger partial charge in [0.15, 0.2) is 0 Å². The minimum absolute atomic E-state index is 0.0227. The summed E-state index contributed by atoms with van der Waals surface area (Å²) in [6, 6.07) is 7.47. The van der Waals surface area contributed by atoms with Crippen LogP contribution in [-0.2, 0) is 11.2 Å². The van der Waals surface area contributed by atoms with Gasteiger partial charge < -0.3 is 9.84 Å². The van der Waals surface area contributed by atoms with E-state index in [9.17, 15) is 4.79 Å². The van der Waals surface area contributed by atoms with Crippen LogP contribution in [0.4, 0.5) is 0 Å². The summed E-state index contributed by atoms with van der Waals surface area (Å²) in [5.41, 5.74) is 0.618. The molecule has 0 aliphatic rings. The summed E-state index contributed by atoms with van der Waals surface area (Å²) in [6.07, 6.45) is 0.173. The van der Waals surface area contributed by atoms with Crippen LogP contribution in [0.2, 0.25) is 0 Å². The molecule has 0 bridgehead atoms. The summed E-state index contributed by atoms with van der Waals surface area (Å²) in [7, 11) is 0. The maximum absolute atomic E-state index is 11.9. The van der Waals surface area contributed by atoms with Crippen LogP contribution in [0, 0.1) is 5.41 Å². The van der Waals surface area contributed by atoms with Gasteiger partial charge in [-0.25, -0.2) is 0 Å². The van der Waals surface area contributed by atoms with E-state index in [1.165, 1.54) is 0 Å². The quantitative estimate of drug-likeness (QED) is 0.873. The molecule has 3 nitrogen and oxygen atoms in total. The van der Waals surface area contributed by atoms with Crippen molar-refractivity contribution in [1.82, 2.24) is 0 Å². The topological polar surface area (TPSA) is 46.5 Å². The number of ether oxygens (including phenoxy) is 1. The van der Waals surface area contributed by atoms with Crippen LogP contribution in [0.3, 0.4) is 0 Å². The highest BCUT2D eigenvalue weighted by Crippen LogP contribution is 2.20. The molecule has 0 aliphatic heterocycles. The molecule has 0 fully saturated rings. The first-order valence-electron chi connectivity index (χ1n) is 6.22. The van der Waals surface area contributed by atoms with Crippen LogP contribution in [0.25, 0.3) is 0 Å². The van der Waals surface area contributed by atoms with Gasteiger partial charge in [0.1, 0.15) is 17.6 Å². The Bertz CT molecular complexity index is 404. The van der Waals surface area contributed by atoms with Gasteiger partial charge in [0.25, 0.3) is 0 Å². The van der Waals surface area contributed by atoms with Gasteiger partial charge in [0, 0.05) is 11.8 Å². The highest BCUT2D eigenvalue weighted by Gasteiger charge is 2.21. The SMILES string of the molecule is CC(CO)Oc1cccc(CC(=O)C(C)(C)C)c1. The molecule has 100 valence electrons. The Labute approximate surface area is 109 Å². The van der Waals surface area contributed by atoms with Crippen molar-refractivity contribution < 1.29 is 14.6 Å². The van der Waals surface area contributed by atoms with Crippen molar-refractivity contribution in [3.05, 3.63) is 29.8 Å². The standard InChI is InChI=1S/C15H22O3/c1-11(10-16)18-13-7-5-6-12(8-13)9-14(17)15(2,3)4/h5-8,11,16H,9-10H2,1-4H3. The van der Waals surface area contributed by atoms with Gasteiger partial charge in [0.05, 0.1) is 6.61 Å². The van der Waals surface area contributed by atoms with Crippen molar-refractivity contribution in [2.45, 2.75) is 40.2 Å². The highest BCUT2D eigenvalue weighted by molar-refractivity contribution is 5.85. The van der Waals surface area contributed by atoms with Crippen LogP contribution in [0.15, 0.2) is 24.3 Å². The molecule has 0 spiro atoms. The van der Waals surface area contributed by atoms with E-state index in [1.807, 2.05) is 45.0 Å². The number of rotatable bonds is 5. The lowest BCUT2D eigenvalue weighted by Crippen LogP contribution is -2.22. The molecule has 18 heavy (non-hydrogen) atoms. The van der Waals surface area contributed by atoms with Crippen molar-refractivity contribution in [2.75, 3.05) is 6.61 Å². The van der Waals surface area contributed by atoms with Crippen LogP contribution in [0.1, 0.15) is 33.3 Å². The zero-order valence-corrected chi connectivity index (χ0v) is 11.6. The fourth-order valence-electron chi connectivity index (χ4n) is 1.45. The van der Waals surface area contributed by atoms with Crippen molar-refractivity contribution in [3.8, 4) is 5.75 Å². The Balaban J connectivity index is 2.74. The van der Waals surface area contributed by atoms with Gasteiger partial charge in [0.2, 0.25) is 0 Å². The first-order chi connectivity index (χ1) is 8.32. The second kappa shape index (κ2) is 6.01. The van der Waals surface area contributed by atoms with E-state index in [0.29, 0.717) is 12.2 Å². The normalized spacial score (nSPS) is 13.2. The monoisotopic (exact) mass is 250 g/mol. The second-order valence-corrected chi connectivity index (χ2v) is 5.61. The van der Waals surface area contributed by atoms with Crippen LogP contribution in [0.5, 0.6) is 5.75 Å². The maximum atomic E-state index is 11.9. The second-order valence-electron chi connectivity index (χ2n) is 5.61. The van der Waals surface area contributed by atoms with Crippen molar-refractivity contribution in [2.24, 2.45) is 5.41 Å². The number of benzene rings is 1. The van der Waals surface area contributed by atoms with Gasteiger partial charge in [-0.2, -0.15) is 0 Å². The number of hydrogen-bond acceptors (Lipinski definition) is 3. The van der Waals surface area contributed by atoms with Crippen molar-refractivity contribution >= 4 is 5.78 Å². The molecule has 3 heteroatoms. The molecule has 1 rings (SSSR count). The number of ketones is 1. The molecule has 1 atom stereocenters. The zero-order valence-electron chi connectivity index (χ0n) is 11.6. The van der Waals surface area contributed by atoms with Gasteiger partial charge in [-0.1, -0.05) is 32.9 Å². The molecule has 0 saturated carbocycles. The largest absolute Gasteiger partial charge is 0.488 e. The van der Waals surface area contributed by atoms with E-state index in [2.05, 4.69) is 0 Å². The summed E-state index contributed by atoms with van der Waals surface area (Å²) in [5.74, 6) is 0.894. The first-order valence-corrected chi connectivity index (χ1v) is 6.22. The number of hydrogen-bond donors (Lipinski definition) is 1. The fourth-order valence-corrected chi connectivity index (χ4v) is 1.45. The van der Waals surface area contributed by atoms with Crippen molar-refractivity contribution in [3.63, 3.8) is 0 Å². The average molecular weight is 250 g/mol. The number of Topliss-reactive ketones (excluding diaryl/α,β-unsaturated/α-hetero) is 1. The Morgan fingerprint density at radius 1 is 1.39 bits per heavy atom. The van der Waals surface area contributed by atoms with Crippen LogP contribution < -0.4 is 4.74 Å². The van der Waals surface area contributed by atoms with Gasteiger partial charge in [-0.05, 0) is 24.6 Å². The van der Waals surface area contributed by atoms with E-state index in [0.717, 1.165) is 5.56 Å². The van der Waals surface area contributed by atoms with E-state index in [4.69, 9.17) is 9.84 Å². The number of aliphatic hydroxyl groups excluding tert-OH is 1. The van der Waals surface area contributed by atoms with Crippen LogP contribution in [-0.4, -0.2) is 23.6 Å². The average Bonchev–Trinajstić information content (AvgIpc) is 2.28. The molecule has 0 aliphatic carbocycles. The minimum atomic E-state index is -0.324. The molecule has 1 unspecified atom stereocenters. The van der Waals surface area contributed by atoms with E-state index >= 15 is 0 Å². The molecule has 1 N–H and O–H groups in total. The first kappa shape index (κ1) is 14.7. The third kappa shape index (κ3) is 4.49. The highest BCUT2D eigenvalue weighted by atomic mass is 16.5. The van der Waals surface area contributed by atoms with E-state index in [1.54, 1.807) is 6.92 Å². The van der Waals surface area contributed by atoms with Gasteiger partial charge in [-0.3, -0.25) is 4.79 Å². The molecule has 0 heterocycles. The smallest absolute Gasteiger partial charge is 0.142 e. The molecular weight excluding hydrogens is 228 g/mol. The minimum Gasteiger partial charge on any atom is -0.488 e. The number of carbonyl (C=O) groups is 1. The lowest BCUT2D eigenvalue weighted by Gasteiger charge is -2.17.